The van der Waals surface area contributed by atoms with Gasteiger partial charge in [0.1, 0.15) is 11.9 Å². The number of amides is 1. The molecule has 0 bridgehead atoms. The van der Waals surface area contributed by atoms with E-state index in [1.807, 2.05) is 60.6 Å². The lowest BCUT2D eigenvalue weighted by atomic mass is 9.80. The van der Waals surface area contributed by atoms with E-state index < -0.39 is 5.60 Å². The molecule has 224 valence electrons. The van der Waals surface area contributed by atoms with Gasteiger partial charge in [-0.1, -0.05) is 51.7 Å². The highest BCUT2D eigenvalue weighted by Crippen LogP contribution is 2.31. The summed E-state index contributed by atoms with van der Waals surface area (Å²) in [6.07, 6.45) is 14.7. The first-order chi connectivity index (χ1) is 18.9. The van der Waals surface area contributed by atoms with Crippen molar-refractivity contribution < 1.29 is 14.3 Å². The van der Waals surface area contributed by atoms with Crippen LogP contribution in [0.5, 0.6) is 0 Å². The van der Waals surface area contributed by atoms with Gasteiger partial charge in [-0.05, 0) is 73.6 Å². The Morgan fingerprint density at radius 1 is 1.18 bits per heavy atom. The summed E-state index contributed by atoms with van der Waals surface area (Å²) >= 11 is 0. The van der Waals surface area contributed by atoms with E-state index in [0.29, 0.717) is 31.1 Å². The summed E-state index contributed by atoms with van der Waals surface area (Å²) in [7, 11) is 0. The summed E-state index contributed by atoms with van der Waals surface area (Å²) in [5.74, 6) is 1.23. The molecule has 0 N–H and O–H groups in total. The molecule has 2 aliphatic rings. The van der Waals surface area contributed by atoms with Gasteiger partial charge in [0.25, 0.3) is 0 Å². The minimum Gasteiger partial charge on any atom is -0.444 e. The number of hydrogen-bond donors (Lipinski definition) is 0. The maximum Gasteiger partial charge on any atom is 0.410 e. The minimum absolute atomic E-state index is 0.00248. The van der Waals surface area contributed by atoms with Crippen molar-refractivity contribution in [3.8, 4) is 6.07 Å². The first-order valence-corrected chi connectivity index (χ1v) is 15.1. The third-order valence-electron chi connectivity index (χ3n) is 7.45. The zero-order valence-corrected chi connectivity index (χ0v) is 26.6. The molecule has 1 aliphatic carbocycles. The van der Waals surface area contributed by atoms with Crippen LogP contribution in [-0.2, 0) is 9.53 Å². The van der Waals surface area contributed by atoms with Gasteiger partial charge in [0.05, 0.1) is 6.07 Å². The first-order valence-electron chi connectivity index (χ1n) is 15.1. The van der Waals surface area contributed by atoms with Crippen LogP contribution in [0.1, 0.15) is 107 Å². The molecule has 1 heterocycles. The van der Waals surface area contributed by atoms with Crippen molar-refractivity contribution in [2.75, 3.05) is 19.6 Å². The molecule has 2 rings (SSSR count). The van der Waals surface area contributed by atoms with Crippen molar-refractivity contribution in [1.29, 1.82) is 5.26 Å². The maximum absolute atomic E-state index is 12.5. The maximum atomic E-state index is 12.5. The summed E-state index contributed by atoms with van der Waals surface area (Å²) in [5, 5.41) is 8.73. The van der Waals surface area contributed by atoms with Crippen LogP contribution in [0, 0.1) is 23.2 Å². The van der Waals surface area contributed by atoms with Gasteiger partial charge in [0, 0.05) is 60.3 Å². The molecule has 7 nitrogen and oxygen atoms in total. The standard InChI is InChI=1S/C23H37N3O3.C10H17N/c1-9-11-12-24-18(4)21(20(10-2)16-27)19(5)25-13-14-26(17(3)15-25)22(28)29-23(6,7)8;1-2-4-9-5-3-6-10(7-9)8-11/h10-12,16-17H,9,13-15H2,1-8H3;9-10H,2-7H2,1H3/b12-11+,20-10-,21-19-,24-18+;. The average Bonchev–Trinajstić information content (AvgIpc) is 2.91. The normalized spacial score (nSPS) is 23.1. The highest BCUT2D eigenvalue weighted by atomic mass is 16.6. The largest absolute Gasteiger partial charge is 0.444 e. The predicted octanol–water partition coefficient (Wildman–Crippen LogP) is 7.85. The fraction of sp³-hybridized carbons (Fsp3) is 0.697. The molecular weight excluding hydrogens is 500 g/mol. The average molecular weight is 555 g/mol. The van der Waals surface area contributed by atoms with Crippen molar-refractivity contribution in [2.24, 2.45) is 16.8 Å². The number of carbonyl (C=O) groups is 2. The Morgan fingerprint density at radius 2 is 1.88 bits per heavy atom. The number of hydrogen-bond acceptors (Lipinski definition) is 6. The van der Waals surface area contributed by atoms with Crippen molar-refractivity contribution in [1.82, 2.24) is 9.80 Å². The second kappa shape index (κ2) is 17.7. The van der Waals surface area contributed by atoms with Gasteiger partial charge in [0.15, 0.2) is 0 Å². The van der Waals surface area contributed by atoms with Crippen molar-refractivity contribution >= 4 is 18.1 Å². The predicted molar refractivity (Wildman–Crippen MR) is 165 cm³/mol. The molecule has 7 heteroatoms. The number of allylic oxidation sites excluding steroid dienone is 5. The van der Waals surface area contributed by atoms with Crippen LogP contribution in [0.15, 0.2) is 40.2 Å². The van der Waals surface area contributed by atoms with Gasteiger partial charge < -0.3 is 14.5 Å². The van der Waals surface area contributed by atoms with E-state index in [4.69, 9.17) is 10.00 Å². The Labute approximate surface area is 244 Å². The third kappa shape index (κ3) is 11.7. The third-order valence-corrected chi connectivity index (χ3v) is 7.45. The van der Waals surface area contributed by atoms with Gasteiger partial charge in [0.2, 0.25) is 0 Å². The molecule has 1 aliphatic heterocycles. The zero-order chi connectivity index (χ0) is 30.3. The van der Waals surface area contributed by atoms with E-state index in [9.17, 15) is 9.59 Å². The van der Waals surface area contributed by atoms with Crippen LogP contribution in [0.2, 0.25) is 0 Å². The topological polar surface area (TPSA) is 86.0 Å². The Kier molecular flexibility index (Phi) is 15.6. The van der Waals surface area contributed by atoms with E-state index in [1.165, 1.54) is 32.1 Å². The van der Waals surface area contributed by atoms with Crippen LogP contribution in [0.4, 0.5) is 4.79 Å². The summed E-state index contributed by atoms with van der Waals surface area (Å²) in [5.41, 5.74) is 2.75. The second-order valence-corrected chi connectivity index (χ2v) is 11.9. The lowest BCUT2D eigenvalue weighted by molar-refractivity contribution is -0.104. The molecule has 1 saturated heterocycles. The van der Waals surface area contributed by atoms with E-state index >= 15 is 0 Å². The lowest BCUT2D eigenvalue weighted by Gasteiger charge is -2.42. The first kappa shape index (κ1) is 35.1. The molecule has 1 amide bonds. The van der Waals surface area contributed by atoms with Crippen LogP contribution in [0.3, 0.4) is 0 Å². The molecule has 40 heavy (non-hydrogen) atoms. The Bertz CT molecular complexity index is 979. The smallest absolute Gasteiger partial charge is 0.410 e. The quantitative estimate of drug-likeness (QED) is 0.132. The molecule has 1 saturated carbocycles. The van der Waals surface area contributed by atoms with Gasteiger partial charge >= 0.3 is 6.09 Å². The summed E-state index contributed by atoms with van der Waals surface area (Å²) < 4.78 is 5.53. The molecular formula is C33H54N4O3. The summed E-state index contributed by atoms with van der Waals surface area (Å²) in [6.45, 7) is 19.6. The highest BCUT2D eigenvalue weighted by molar-refractivity contribution is 6.08. The number of nitriles is 1. The Morgan fingerprint density at radius 3 is 2.40 bits per heavy atom. The SMILES string of the molecule is CCCC1CCCC(C#N)C1.C\C=C(C=O)/C(C(/C)=N/C=C/CC)=C(/C)N1CCN(C(=O)OC(C)(C)C)C(C)C1. The second-order valence-electron chi connectivity index (χ2n) is 11.9. The van der Waals surface area contributed by atoms with E-state index in [0.717, 1.165) is 42.0 Å². The van der Waals surface area contributed by atoms with E-state index in [-0.39, 0.29) is 12.1 Å². The fourth-order valence-corrected chi connectivity index (χ4v) is 5.38. The number of carbonyl (C=O) groups excluding carboxylic acids is 2. The fourth-order valence-electron chi connectivity index (χ4n) is 5.38. The van der Waals surface area contributed by atoms with Crippen molar-refractivity contribution in [2.45, 2.75) is 119 Å². The molecule has 3 atom stereocenters. The Hall–Kier alpha value is -2.88. The molecule has 0 aromatic rings. The van der Waals surface area contributed by atoms with E-state index in [2.05, 4.69) is 29.8 Å². The highest BCUT2D eigenvalue weighted by Gasteiger charge is 2.32. The molecule has 0 radical (unpaired) electrons. The van der Waals surface area contributed by atoms with Gasteiger partial charge in [-0.15, -0.1) is 0 Å². The van der Waals surface area contributed by atoms with E-state index in [1.54, 1.807) is 11.1 Å². The van der Waals surface area contributed by atoms with Gasteiger partial charge in [-0.3, -0.25) is 9.79 Å². The van der Waals surface area contributed by atoms with Gasteiger partial charge in [-0.2, -0.15) is 5.26 Å². The Balaban J connectivity index is 0.000000603. The molecule has 0 spiro atoms. The van der Waals surface area contributed by atoms with Crippen LogP contribution in [-0.4, -0.2) is 59.2 Å². The number of piperazine rings is 1. The van der Waals surface area contributed by atoms with Crippen LogP contribution < -0.4 is 0 Å². The number of aldehydes is 1. The molecule has 0 aromatic heterocycles. The summed E-state index contributed by atoms with van der Waals surface area (Å²) in [4.78, 5) is 32.7. The summed E-state index contributed by atoms with van der Waals surface area (Å²) in [6, 6.07) is 2.39. The number of nitrogens with zero attached hydrogens (tertiary/aromatic N) is 4. The molecule has 0 aromatic carbocycles. The molecule has 3 unspecified atom stereocenters. The van der Waals surface area contributed by atoms with Crippen LogP contribution >= 0.6 is 0 Å². The van der Waals surface area contributed by atoms with Crippen LogP contribution in [0.25, 0.3) is 0 Å². The number of aliphatic imine (C=N–C) groups is 1. The zero-order valence-electron chi connectivity index (χ0n) is 26.6. The van der Waals surface area contributed by atoms with Crippen molar-refractivity contribution in [3.63, 3.8) is 0 Å². The monoisotopic (exact) mass is 554 g/mol. The number of rotatable bonds is 8. The lowest BCUT2D eigenvalue weighted by Crippen LogP contribution is -2.54. The molecule has 2 fully saturated rings. The number of ether oxygens (including phenoxy) is 1. The van der Waals surface area contributed by atoms with Gasteiger partial charge in [-0.25, -0.2) is 4.79 Å². The minimum atomic E-state index is -0.513. The van der Waals surface area contributed by atoms with Crippen molar-refractivity contribution in [3.05, 3.63) is 35.2 Å².